The standard InChI is InChI=1S/C15H16ClNO3/c1-19-14-8-13(16)7-12(15(14)18)9-17-20-10-11-5-3-2-4-6-11/h2-8,17-18H,9-10H2,1H3. The van der Waals surface area contributed by atoms with Gasteiger partial charge < -0.3 is 9.84 Å². The molecule has 0 unspecified atom stereocenters. The first kappa shape index (κ1) is 14.7. The van der Waals surface area contributed by atoms with Gasteiger partial charge in [-0.15, -0.1) is 0 Å². The molecule has 0 aliphatic carbocycles. The lowest BCUT2D eigenvalue weighted by atomic mass is 10.2. The molecular weight excluding hydrogens is 278 g/mol. The maximum atomic E-state index is 9.95. The Labute approximate surface area is 122 Å². The lowest BCUT2D eigenvalue weighted by Gasteiger charge is -2.11. The maximum Gasteiger partial charge on any atom is 0.162 e. The summed E-state index contributed by atoms with van der Waals surface area (Å²) < 4.78 is 5.04. The first-order valence-electron chi connectivity index (χ1n) is 6.14. The van der Waals surface area contributed by atoms with Gasteiger partial charge in [-0.2, -0.15) is 5.48 Å². The first-order chi connectivity index (χ1) is 9.70. The molecule has 0 aliphatic rings. The number of nitrogens with one attached hydrogen (secondary N) is 1. The van der Waals surface area contributed by atoms with Crippen molar-refractivity contribution in [3.8, 4) is 11.5 Å². The minimum atomic E-state index is 0.0627. The van der Waals surface area contributed by atoms with E-state index in [2.05, 4.69) is 5.48 Å². The van der Waals surface area contributed by atoms with Crippen LogP contribution in [-0.4, -0.2) is 12.2 Å². The van der Waals surface area contributed by atoms with E-state index in [4.69, 9.17) is 21.2 Å². The van der Waals surface area contributed by atoms with Crippen molar-refractivity contribution in [3.05, 3.63) is 58.6 Å². The van der Waals surface area contributed by atoms with E-state index in [-0.39, 0.29) is 5.75 Å². The van der Waals surface area contributed by atoms with Gasteiger partial charge in [0.1, 0.15) is 0 Å². The molecule has 106 valence electrons. The summed E-state index contributed by atoms with van der Waals surface area (Å²) in [5, 5.41) is 10.4. The third-order valence-electron chi connectivity index (χ3n) is 2.78. The number of halogens is 1. The van der Waals surface area contributed by atoms with Crippen LogP contribution in [-0.2, 0) is 18.0 Å². The van der Waals surface area contributed by atoms with E-state index >= 15 is 0 Å². The van der Waals surface area contributed by atoms with Crippen LogP contribution in [0, 0.1) is 0 Å². The summed E-state index contributed by atoms with van der Waals surface area (Å²) >= 11 is 5.95. The monoisotopic (exact) mass is 293 g/mol. The number of phenols is 1. The number of hydrogen-bond donors (Lipinski definition) is 2. The summed E-state index contributed by atoms with van der Waals surface area (Å²) in [6, 6.07) is 13.0. The molecule has 4 nitrogen and oxygen atoms in total. The predicted molar refractivity (Wildman–Crippen MR) is 77.7 cm³/mol. The van der Waals surface area contributed by atoms with Crippen LogP contribution >= 0.6 is 11.6 Å². The van der Waals surface area contributed by atoms with Gasteiger partial charge in [-0.1, -0.05) is 41.9 Å². The Morgan fingerprint density at radius 3 is 2.65 bits per heavy atom. The molecule has 0 radical (unpaired) electrons. The summed E-state index contributed by atoms with van der Waals surface area (Å²) in [4.78, 5) is 5.35. The van der Waals surface area contributed by atoms with Crippen molar-refractivity contribution < 1.29 is 14.7 Å². The Hall–Kier alpha value is -1.75. The Morgan fingerprint density at radius 2 is 1.95 bits per heavy atom. The van der Waals surface area contributed by atoms with E-state index in [9.17, 15) is 5.11 Å². The molecule has 20 heavy (non-hydrogen) atoms. The van der Waals surface area contributed by atoms with Gasteiger partial charge >= 0.3 is 0 Å². The zero-order valence-electron chi connectivity index (χ0n) is 11.1. The summed E-state index contributed by atoms with van der Waals surface area (Å²) in [5.41, 5.74) is 4.47. The minimum Gasteiger partial charge on any atom is -0.504 e. The van der Waals surface area contributed by atoms with E-state index in [1.807, 2.05) is 30.3 Å². The van der Waals surface area contributed by atoms with Gasteiger partial charge in [0.05, 0.1) is 13.7 Å². The fourth-order valence-corrected chi connectivity index (χ4v) is 1.99. The molecule has 0 bridgehead atoms. The molecule has 2 rings (SSSR count). The topological polar surface area (TPSA) is 50.7 Å². The van der Waals surface area contributed by atoms with Gasteiger partial charge in [0.2, 0.25) is 0 Å². The van der Waals surface area contributed by atoms with E-state index in [0.717, 1.165) is 5.56 Å². The highest BCUT2D eigenvalue weighted by Crippen LogP contribution is 2.33. The van der Waals surface area contributed by atoms with Crippen molar-refractivity contribution in [3.63, 3.8) is 0 Å². The molecule has 0 fully saturated rings. The van der Waals surface area contributed by atoms with Crippen LogP contribution in [0.5, 0.6) is 11.5 Å². The van der Waals surface area contributed by atoms with Crippen molar-refractivity contribution >= 4 is 11.6 Å². The van der Waals surface area contributed by atoms with Crippen LogP contribution in [0.1, 0.15) is 11.1 Å². The zero-order valence-corrected chi connectivity index (χ0v) is 11.9. The lowest BCUT2D eigenvalue weighted by molar-refractivity contribution is 0.0231. The quantitative estimate of drug-likeness (QED) is 0.634. The second kappa shape index (κ2) is 7.14. The molecule has 2 aromatic carbocycles. The van der Waals surface area contributed by atoms with E-state index < -0.39 is 0 Å². The third kappa shape index (κ3) is 3.87. The van der Waals surface area contributed by atoms with Gasteiger partial charge in [0.15, 0.2) is 11.5 Å². The number of methoxy groups -OCH3 is 1. The fourth-order valence-electron chi connectivity index (χ4n) is 1.76. The van der Waals surface area contributed by atoms with E-state index in [1.165, 1.54) is 7.11 Å². The Kier molecular flexibility index (Phi) is 5.24. The second-order valence-corrected chi connectivity index (χ2v) is 4.65. The average Bonchev–Trinajstić information content (AvgIpc) is 2.47. The van der Waals surface area contributed by atoms with Crippen molar-refractivity contribution in [2.75, 3.05) is 7.11 Å². The zero-order chi connectivity index (χ0) is 14.4. The molecule has 0 saturated carbocycles. The predicted octanol–water partition coefficient (Wildman–Crippen LogP) is 3.28. The van der Waals surface area contributed by atoms with Crippen molar-refractivity contribution in [2.45, 2.75) is 13.2 Å². The number of phenolic OH excluding ortho intramolecular Hbond substituents is 1. The molecule has 0 aromatic heterocycles. The number of benzene rings is 2. The molecule has 0 saturated heterocycles. The summed E-state index contributed by atoms with van der Waals surface area (Å²) in [7, 11) is 1.48. The largest absolute Gasteiger partial charge is 0.504 e. The average molecular weight is 294 g/mol. The third-order valence-corrected chi connectivity index (χ3v) is 3.00. The van der Waals surface area contributed by atoms with Crippen molar-refractivity contribution in [1.82, 2.24) is 5.48 Å². The SMILES string of the molecule is COc1cc(Cl)cc(CNOCc2ccccc2)c1O. The van der Waals surface area contributed by atoms with Gasteiger partial charge in [0.25, 0.3) is 0 Å². The number of aromatic hydroxyl groups is 1. The number of hydroxylamine groups is 1. The second-order valence-electron chi connectivity index (χ2n) is 4.21. The van der Waals surface area contributed by atoms with Crippen LogP contribution in [0.3, 0.4) is 0 Å². The highest BCUT2D eigenvalue weighted by Gasteiger charge is 2.09. The number of ether oxygens (including phenoxy) is 1. The van der Waals surface area contributed by atoms with Gasteiger partial charge in [-0.05, 0) is 11.6 Å². The molecule has 2 aromatic rings. The van der Waals surface area contributed by atoms with Crippen LogP contribution < -0.4 is 10.2 Å². The fraction of sp³-hybridized carbons (Fsp3) is 0.200. The first-order valence-corrected chi connectivity index (χ1v) is 6.52. The molecule has 0 atom stereocenters. The van der Waals surface area contributed by atoms with Crippen molar-refractivity contribution in [1.29, 1.82) is 0 Å². The Morgan fingerprint density at radius 1 is 1.20 bits per heavy atom. The molecule has 0 amide bonds. The Balaban J connectivity index is 1.90. The van der Waals surface area contributed by atoms with Crippen LogP contribution in [0.25, 0.3) is 0 Å². The molecular formula is C15H16ClNO3. The smallest absolute Gasteiger partial charge is 0.162 e. The summed E-state index contributed by atoms with van der Waals surface area (Å²) in [6.07, 6.45) is 0. The Bertz CT molecular complexity index is 561. The van der Waals surface area contributed by atoms with E-state index in [1.54, 1.807) is 12.1 Å². The molecule has 0 spiro atoms. The van der Waals surface area contributed by atoms with Crippen LogP contribution in [0.15, 0.2) is 42.5 Å². The normalized spacial score (nSPS) is 10.5. The summed E-state index contributed by atoms with van der Waals surface area (Å²) in [6.45, 7) is 0.773. The molecule has 0 aliphatic heterocycles. The highest BCUT2D eigenvalue weighted by atomic mass is 35.5. The molecule has 2 N–H and O–H groups in total. The van der Waals surface area contributed by atoms with Gasteiger partial charge in [-0.25, -0.2) is 0 Å². The van der Waals surface area contributed by atoms with E-state index in [0.29, 0.717) is 29.5 Å². The lowest BCUT2D eigenvalue weighted by Crippen LogP contribution is -2.14. The number of hydrogen-bond acceptors (Lipinski definition) is 4. The maximum absolute atomic E-state index is 9.95. The molecule has 5 heteroatoms. The van der Waals surface area contributed by atoms with Gasteiger partial charge in [-0.3, -0.25) is 4.84 Å². The molecule has 0 heterocycles. The number of rotatable bonds is 6. The van der Waals surface area contributed by atoms with Crippen LogP contribution in [0.2, 0.25) is 5.02 Å². The minimum absolute atomic E-state index is 0.0627. The van der Waals surface area contributed by atoms with Crippen molar-refractivity contribution in [2.24, 2.45) is 0 Å². The highest BCUT2D eigenvalue weighted by molar-refractivity contribution is 6.30. The van der Waals surface area contributed by atoms with Gasteiger partial charge in [0, 0.05) is 23.2 Å². The van der Waals surface area contributed by atoms with Crippen LogP contribution in [0.4, 0.5) is 0 Å². The summed E-state index contributed by atoms with van der Waals surface area (Å²) in [5.74, 6) is 0.407.